The number of hydrogen-bond donors (Lipinski definition) is 0. The number of Topliss-reactive ketones (excluding diaryl/α,β-unsaturated/α-hetero) is 1. The molecule has 0 fully saturated rings. The van der Waals surface area contributed by atoms with Gasteiger partial charge in [0.25, 0.3) is 0 Å². The second-order valence-electron chi connectivity index (χ2n) is 3.66. The summed E-state index contributed by atoms with van der Waals surface area (Å²) < 4.78 is 5.92. The minimum atomic E-state index is -0.127. The molecule has 1 aromatic carbocycles. The highest BCUT2D eigenvalue weighted by atomic mass is 79.9. The van der Waals surface area contributed by atoms with Crippen LogP contribution in [0.1, 0.15) is 24.8 Å². The maximum atomic E-state index is 11.5. The topological polar surface area (TPSA) is 26.3 Å². The van der Waals surface area contributed by atoms with Crippen LogP contribution >= 0.6 is 15.9 Å². The Bertz CT molecular complexity index is 381. The molecule has 2 nitrogen and oxygen atoms in total. The van der Waals surface area contributed by atoms with Gasteiger partial charge >= 0.3 is 0 Å². The highest BCUT2D eigenvalue weighted by molar-refractivity contribution is 9.11. The second kappa shape index (κ2) is 5.85. The SMILES string of the molecule is C=C(Br)CC(C(C)=O)c1ccc(OC)cc1. The minimum absolute atomic E-state index is 0.127. The molecule has 16 heavy (non-hydrogen) atoms. The van der Waals surface area contributed by atoms with E-state index in [-0.39, 0.29) is 11.7 Å². The summed E-state index contributed by atoms with van der Waals surface area (Å²) in [6, 6.07) is 7.56. The zero-order valence-corrected chi connectivity index (χ0v) is 11.1. The predicted octanol–water partition coefficient (Wildman–Crippen LogP) is 3.67. The molecule has 1 unspecified atom stereocenters. The molecule has 0 aliphatic heterocycles. The van der Waals surface area contributed by atoms with E-state index in [1.807, 2.05) is 24.3 Å². The van der Waals surface area contributed by atoms with E-state index in [1.165, 1.54) is 0 Å². The van der Waals surface area contributed by atoms with Crippen molar-refractivity contribution in [3.8, 4) is 5.75 Å². The van der Waals surface area contributed by atoms with Crippen molar-refractivity contribution in [2.24, 2.45) is 0 Å². The van der Waals surface area contributed by atoms with Crippen LogP contribution in [0, 0.1) is 0 Å². The Morgan fingerprint density at radius 2 is 2.00 bits per heavy atom. The van der Waals surface area contributed by atoms with Crippen LogP contribution in [-0.4, -0.2) is 12.9 Å². The third-order valence-electron chi connectivity index (χ3n) is 2.43. The Labute approximate surface area is 104 Å². The van der Waals surface area contributed by atoms with Gasteiger partial charge in [0, 0.05) is 5.92 Å². The highest BCUT2D eigenvalue weighted by Crippen LogP contribution is 2.27. The summed E-state index contributed by atoms with van der Waals surface area (Å²) in [6.45, 7) is 5.38. The van der Waals surface area contributed by atoms with Gasteiger partial charge in [0.05, 0.1) is 7.11 Å². The predicted molar refractivity (Wildman–Crippen MR) is 69.1 cm³/mol. The lowest BCUT2D eigenvalue weighted by atomic mass is 9.92. The Morgan fingerprint density at radius 1 is 1.44 bits per heavy atom. The number of ketones is 1. The fourth-order valence-electron chi connectivity index (χ4n) is 1.55. The molecule has 1 rings (SSSR count). The van der Waals surface area contributed by atoms with E-state index in [1.54, 1.807) is 14.0 Å². The lowest BCUT2D eigenvalue weighted by Gasteiger charge is -2.13. The molecule has 0 heterocycles. The zero-order valence-electron chi connectivity index (χ0n) is 9.50. The van der Waals surface area contributed by atoms with E-state index in [9.17, 15) is 4.79 Å². The lowest BCUT2D eigenvalue weighted by Crippen LogP contribution is -2.08. The average molecular weight is 283 g/mol. The Balaban J connectivity index is 2.92. The highest BCUT2D eigenvalue weighted by Gasteiger charge is 2.17. The van der Waals surface area contributed by atoms with Crippen LogP contribution in [-0.2, 0) is 4.79 Å². The van der Waals surface area contributed by atoms with Crippen LogP contribution in [0.4, 0.5) is 0 Å². The molecule has 0 aromatic heterocycles. The van der Waals surface area contributed by atoms with Crippen molar-refractivity contribution in [3.05, 3.63) is 40.9 Å². The van der Waals surface area contributed by atoms with E-state index in [4.69, 9.17) is 4.74 Å². The van der Waals surface area contributed by atoms with Crippen molar-refractivity contribution >= 4 is 21.7 Å². The summed E-state index contributed by atoms with van der Waals surface area (Å²) in [5.41, 5.74) is 0.994. The molecule has 0 radical (unpaired) electrons. The molecule has 0 amide bonds. The number of methoxy groups -OCH3 is 1. The lowest BCUT2D eigenvalue weighted by molar-refractivity contribution is -0.118. The summed E-state index contributed by atoms with van der Waals surface area (Å²) in [6.07, 6.45) is 0.627. The van der Waals surface area contributed by atoms with Crippen molar-refractivity contribution in [1.29, 1.82) is 0 Å². The number of hydrogen-bond acceptors (Lipinski definition) is 2. The monoisotopic (exact) mass is 282 g/mol. The second-order valence-corrected chi connectivity index (χ2v) is 4.78. The number of halogens is 1. The molecule has 0 N–H and O–H groups in total. The molecule has 0 bridgehead atoms. The number of carbonyl (C=O) groups excluding carboxylic acids is 1. The minimum Gasteiger partial charge on any atom is -0.497 e. The summed E-state index contributed by atoms with van der Waals surface area (Å²) in [7, 11) is 1.62. The third-order valence-corrected chi connectivity index (χ3v) is 2.76. The molecule has 0 saturated carbocycles. The van der Waals surface area contributed by atoms with Gasteiger partial charge in [0.2, 0.25) is 0 Å². The summed E-state index contributed by atoms with van der Waals surface area (Å²) >= 11 is 3.30. The van der Waals surface area contributed by atoms with Crippen molar-refractivity contribution in [3.63, 3.8) is 0 Å². The van der Waals surface area contributed by atoms with E-state index < -0.39 is 0 Å². The van der Waals surface area contributed by atoms with Gasteiger partial charge in [-0.2, -0.15) is 0 Å². The van der Waals surface area contributed by atoms with Gasteiger partial charge in [-0.3, -0.25) is 4.79 Å². The summed E-state index contributed by atoms with van der Waals surface area (Å²) in [5.74, 6) is 0.812. The van der Waals surface area contributed by atoms with Crippen LogP contribution < -0.4 is 4.74 Å². The number of allylic oxidation sites excluding steroid dienone is 1. The van der Waals surface area contributed by atoms with Gasteiger partial charge in [-0.25, -0.2) is 0 Å². The number of rotatable bonds is 5. The quantitative estimate of drug-likeness (QED) is 0.824. The molecule has 86 valence electrons. The largest absolute Gasteiger partial charge is 0.497 e. The van der Waals surface area contributed by atoms with Crippen LogP contribution in [0.15, 0.2) is 35.3 Å². The number of ether oxygens (including phenoxy) is 1. The first-order valence-electron chi connectivity index (χ1n) is 5.02. The van der Waals surface area contributed by atoms with Gasteiger partial charge in [-0.1, -0.05) is 34.6 Å². The van der Waals surface area contributed by atoms with Crippen molar-refractivity contribution in [2.45, 2.75) is 19.3 Å². The first-order chi connectivity index (χ1) is 7.54. The van der Waals surface area contributed by atoms with E-state index in [2.05, 4.69) is 22.5 Å². The zero-order chi connectivity index (χ0) is 12.1. The van der Waals surface area contributed by atoms with Crippen molar-refractivity contribution in [1.82, 2.24) is 0 Å². The molecular formula is C13H15BrO2. The fourth-order valence-corrected chi connectivity index (χ4v) is 1.88. The Morgan fingerprint density at radius 3 is 2.38 bits per heavy atom. The molecule has 1 aromatic rings. The standard InChI is InChI=1S/C13H15BrO2/c1-9(14)8-13(10(2)15)11-4-6-12(16-3)7-5-11/h4-7,13H,1,8H2,2-3H3. The van der Waals surface area contributed by atoms with Gasteiger partial charge in [-0.05, 0) is 35.5 Å². The van der Waals surface area contributed by atoms with Crippen molar-refractivity contribution < 1.29 is 9.53 Å². The van der Waals surface area contributed by atoms with Crippen LogP contribution in [0.2, 0.25) is 0 Å². The normalized spacial score (nSPS) is 11.9. The number of benzene rings is 1. The molecule has 3 heteroatoms. The first-order valence-corrected chi connectivity index (χ1v) is 5.81. The van der Waals surface area contributed by atoms with E-state index in [0.29, 0.717) is 6.42 Å². The van der Waals surface area contributed by atoms with Gasteiger partial charge in [-0.15, -0.1) is 0 Å². The van der Waals surface area contributed by atoms with E-state index >= 15 is 0 Å². The van der Waals surface area contributed by atoms with Crippen LogP contribution in [0.5, 0.6) is 5.75 Å². The molecule has 0 aliphatic carbocycles. The smallest absolute Gasteiger partial charge is 0.137 e. The Kier molecular flexibility index (Phi) is 4.74. The summed E-state index contributed by atoms with van der Waals surface area (Å²) in [5, 5.41) is 0. The average Bonchev–Trinajstić information content (AvgIpc) is 2.25. The van der Waals surface area contributed by atoms with Crippen molar-refractivity contribution in [2.75, 3.05) is 7.11 Å². The van der Waals surface area contributed by atoms with Gasteiger partial charge < -0.3 is 4.74 Å². The van der Waals surface area contributed by atoms with Gasteiger partial charge in [0.1, 0.15) is 11.5 Å². The first kappa shape index (κ1) is 13.0. The molecule has 0 aliphatic rings. The fraction of sp³-hybridized carbons (Fsp3) is 0.308. The van der Waals surface area contributed by atoms with Crippen LogP contribution in [0.3, 0.4) is 0 Å². The summed E-state index contributed by atoms with van der Waals surface area (Å²) in [4.78, 5) is 11.5. The molecular weight excluding hydrogens is 268 g/mol. The maximum absolute atomic E-state index is 11.5. The van der Waals surface area contributed by atoms with Crippen LogP contribution in [0.25, 0.3) is 0 Å². The molecule has 1 atom stereocenters. The maximum Gasteiger partial charge on any atom is 0.137 e. The van der Waals surface area contributed by atoms with E-state index in [0.717, 1.165) is 15.8 Å². The molecule has 0 spiro atoms. The third kappa shape index (κ3) is 3.49. The van der Waals surface area contributed by atoms with Gasteiger partial charge in [0.15, 0.2) is 0 Å². The molecule has 0 saturated heterocycles. The number of carbonyl (C=O) groups is 1. The Hall–Kier alpha value is -1.09.